The first kappa shape index (κ1) is 12.9. The zero-order valence-electron chi connectivity index (χ0n) is 10.7. The van der Waals surface area contributed by atoms with Crippen LogP contribution in [0.3, 0.4) is 0 Å². The third kappa shape index (κ3) is 3.46. The molecule has 0 amide bonds. The van der Waals surface area contributed by atoms with Gasteiger partial charge >= 0.3 is 0 Å². The normalized spacial score (nSPS) is 19.7. The summed E-state index contributed by atoms with van der Waals surface area (Å²) >= 11 is 6.21. The standard InChI is InChI=1S/C15H22ClN/c1-11(10-13-6-5-7-13)17-12(2)14-8-3-4-9-15(14)16/h3-4,8-9,11-13,17H,5-7,10H2,1-2H3/t11?,12-/m0/s1. The molecule has 0 aromatic heterocycles. The number of hydrogen-bond donors (Lipinski definition) is 1. The van der Waals surface area contributed by atoms with E-state index in [0.29, 0.717) is 12.1 Å². The van der Waals surface area contributed by atoms with Crippen LogP contribution >= 0.6 is 11.6 Å². The van der Waals surface area contributed by atoms with Crippen molar-refractivity contribution in [3.8, 4) is 0 Å². The predicted octanol–water partition coefficient (Wildman–Crippen LogP) is 4.57. The van der Waals surface area contributed by atoms with Gasteiger partial charge < -0.3 is 5.32 Å². The fourth-order valence-corrected chi connectivity index (χ4v) is 2.94. The van der Waals surface area contributed by atoms with Crippen LogP contribution in [-0.4, -0.2) is 6.04 Å². The molecule has 1 unspecified atom stereocenters. The second-order valence-electron chi connectivity index (χ2n) is 5.34. The smallest absolute Gasteiger partial charge is 0.0453 e. The molecule has 2 heteroatoms. The van der Waals surface area contributed by atoms with Crippen molar-refractivity contribution in [3.63, 3.8) is 0 Å². The molecule has 2 rings (SSSR count). The molecule has 1 aliphatic carbocycles. The Morgan fingerprint density at radius 2 is 2.00 bits per heavy atom. The van der Waals surface area contributed by atoms with Gasteiger partial charge in [-0.05, 0) is 37.8 Å². The van der Waals surface area contributed by atoms with Gasteiger partial charge in [-0.3, -0.25) is 0 Å². The summed E-state index contributed by atoms with van der Waals surface area (Å²) in [6.45, 7) is 4.48. The first-order valence-electron chi connectivity index (χ1n) is 6.67. The second-order valence-corrected chi connectivity index (χ2v) is 5.75. The maximum atomic E-state index is 6.21. The van der Waals surface area contributed by atoms with Crippen LogP contribution in [0.1, 0.15) is 51.1 Å². The molecule has 0 aliphatic heterocycles. The minimum Gasteiger partial charge on any atom is -0.308 e. The summed E-state index contributed by atoms with van der Waals surface area (Å²) in [4.78, 5) is 0. The monoisotopic (exact) mass is 251 g/mol. The Balaban J connectivity index is 1.87. The highest BCUT2D eigenvalue weighted by molar-refractivity contribution is 6.31. The van der Waals surface area contributed by atoms with E-state index in [4.69, 9.17) is 11.6 Å². The van der Waals surface area contributed by atoms with Crippen molar-refractivity contribution in [2.75, 3.05) is 0 Å². The van der Waals surface area contributed by atoms with Crippen molar-refractivity contribution in [2.45, 2.75) is 51.6 Å². The van der Waals surface area contributed by atoms with Gasteiger partial charge in [0.1, 0.15) is 0 Å². The van der Waals surface area contributed by atoms with E-state index in [9.17, 15) is 0 Å². The van der Waals surface area contributed by atoms with Crippen LogP contribution in [0.2, 0.25) is 5.02 Å². The van der Waals surface area contributed by atoms with Crippen LogP contribution < -0.4 is 5.32 Å². The van der Waals surface area contributed by atoms with E-state index < -0.39 is 0 Å². The highest BCUT2D eigenvalue weighted by Gasteiger charge is 2.21. The minimum absolute atomic E-state index is 0.332. The first-order valence-corrected chi connectivity index (χ1v) is 7.05. The third-order valence-corrected chi connectivity index (χ3v) is 4.16. The predicted molar refractivity (Wildman–Crippen MR) is 74.4 cm³/mol. The van der Waals surface area contributed by atoms with Gasteiger partial charge in [0.15, 0.2) is 0 Å². The molecule has 1 saturated carbocycles. The van der Waals surface area contributed by atoms with Crippen LogP contribution in [0, 0.1) is 5.92 Å². The van der Waals surface area contributed by atoms with Crippen LogP contribution in [0.25, 0.3) is 0 Å². The van der Waals surface area contributed by atoms with Crippen molar-refractivity contribution < 1.29 is 0 Å². The molecule has 1 N–H and O–H groups in total. The number of benzene rings is 1. The number of hydrogen-bond acceptors (Lipinski definition) is 1. The molecule has 94 valence electrons. The maximum absolute atomic E-state index is 6.21. The minimum atomic E-state index is 0.332. The van der Waals surface area contributed by atoms with Gasteiger partial charge in [-0.25, -0.2) is 0 Å². The van der Waals surface area contributed by atoms with E-state index >= 15 is 0 Å². The molecule has 0 bridgehead atoms. The van der Waals surface area contributed by atoms with E-state index in [0.717, 1.165) is 10.9 Å². The SMILES string of the molecule is CC(CC1CCC1)N[C@@H](C)c1ccccc1Cl. The Bertz CT molecular complexity index is 360. The van der Waals surface area contributed by atoms with Gasteiger partial charge in [0.25, 0.3) is 0 Å². The van der Waals surface area contributed by atoms with Crippen molar-refractivity contribution in [2.24, 2.45) is 5.92 Å². The van der Waals surface area contributed by atoms with Crippen LogP contribution in [0.15, 0.2) is 24.3 Å². The van der Waals surface area contributed by atoms with Crippen LogP contribution in [0.4, 0.5) is 0 Å². The topological polar surface area (TPSA) is 12.0 Å². The van der Waals surface area contributed by atoms with Gasteiger partial charge in [-0.2, -0.15) is 0 Å². The summed E-state index contributed by atoms with van der Waals surface area (Å²) in [5.74, 6) is 0.955. The Morgan fingerprint density at radius 1 is 1.29 bits per heavy atom. The molecule has 1 nitrogen and oxygen atoms in total. The zero-order valence-corrected chi connectivity index (χ0v) is 11.5. The highest BCUT2D eigenvalue weighted by atomic mass is 35.5. The highest BCUT2D eigenvalue weighted by Crippen LogP contribution is 2.31. The molecular weight excluding hydrogens is 230 g/mol. The summed E-state index contributed by atoms with van der Waals surface area (Å²) in [6.07, 6.45) is 5.57. The van der Waals surface area contributed by atoms with Crippen molar-refractivity contribution in [1.29, 1.82) is 0 Å². The molecule has 0 spiro atoms. The lowest BCUT2D eigenvalue weighted by atomic mass is 9.81. The second kappa shape index (κ2) is 5.88. The summed E-state index contributed by atoms with van der Waals surface area (Å²) in [5, 5.41) is 4.52. The van der Waals surface area contributed by atoms with Crippen LogP contribution in [-0.2, 0) is 0 Å². The number of rotatable bonds is 5. The molecule has 0 radical (unpaired) electrons. The molecule has 0 heterocycles. The average Bonchev–Trinajstić information content (AvgIpc) is 2.24. The van der Waals surface area contributed by atoms with Crippen molar-refractivity contribution in [3.05, 3.63) is 34.9 Å². The van der Waals surface area contributed by atoms with E-state index in [1.54, 1.807) is 0 Å². The lowest BCUT2D eigenvalue weighted by Gasteiger charge is -2.30. The lowest BCUT2D eigenvalue weighted by Crippen LogP contribution is -2.32. The Kier molecular flexibility index (Phi) is 4.47. The molecule has 1 aromatic rings. The maximum Gasteiger partial charge on any atom is 0.0453 e. The summed E-state index contributed by atoms with van der Waals surface area (Å²) < 4.78 is 0. The quantitative estimate of drug-likeness (QED) is 0.808. The molecule has 17 heavy (non-hydrogen) atoms. The fourth-order valence-electron chi connectivity index (χ4n) is 2.64. The van der Waals surface area contributed by atoms with Gasteiger partial charge in [-0.15, -0.1) is 0 Å². The van der Waals surface area contributed by atoms with Crippen molar-refractivity contribution in [1.82, 2.24) is 5.32 Å². The zero-order chi connectivity index (χ0) is 12.3. The van der Waals surface area contributed by atoms with E-state index in [2.05, 4.69) is 31.3 Å². The lowest BCUT2D eigenvalue weighted by molar-refractivity contribution is 0.259. The molecule has 1 aromatic carbocycles. The largest absolute Gasteiger partial charge is 0.308 e. The Hall–Kier alpha value is -0.530. The van der Waals surface area contributed by atoms with Gasteiger partial charge in [0.05, 0.1) is 0 Å². The molecule has 0 saturated heterocycles. The molecule has 2 atom stereocenters. The number of halogens is 1. The summed E-state index contributed by atoms with van der Waals surface area (Å²) in [6, 6.07) is 9.01. The van der Waals surface area contributed by atoms with Gasteiger partial charge in [0, 0.05) is 17.1 Å². The van der Waals surface area contributed by atoms with Gasteiger partial charge in [0.2, 0.25) is 0 Å². The molecular formula is C15H22ClN. The Morgan fingerprint density at radius 3 is 2.59 bits per heavy atom. The molecule has 1 fully saturated rings. The summed E-state index contributed by atoms with van der Waals surface area (Å²) in [7, 11) is 0. The first-order chi connectivity index (χ1) is 8.16. The van der Waals surface area contributed by atoms with E-state index in [1.807, 2.05) is 12.1 Å². The molecule has 1 aliphatic rings. The Labute approximate surface area is 110 Å². The average molecular weight is 252 g/mol. The fraction of sp³-hybridized carbons (Fsp3) is 0.600. The number of nitrogens with one attached hydrogen (secondary N) is 1. The summed E-state index contributed by atoms with van der Waals surface area (Å²) in [5.41, 5.74) is 1.20. The van der Waals surface area contributed by atoms with E-state index in [1.165, 1.54) is 31.2 Å². The third-order valence-electron chi connectivity index (χ3n) is 3.82. The van der Waals surface area contributed by atoms with Crippen LogP contribution in [0.5, 0.6) is 0 Å². The van der Waals surface area contributed by atoms with Crippen molar-refractivity contribution >= 4 is 11.6 Å². The van der Waals surface area contributed by atoms with E-state index in [-0.39, 0.29) is 0 Å². The van der Waals surface area contributed by atoms with Gasteiger partial charge in [-0.1, -0.05) is 49.1 Å².